The van der Waals surface area contributed by atoms with E-state index in [2.05, 4.69) is 4.72 Å². The van der Waals surface area contributed by atoms with Crippen LogP contribution in [0.3, 0.4) is 0 Å². The SMILES string of the molecule is O=S(=O)(NCc1cccc2ccccc12)c1cccc2cccc(Cl)c12. The van der Waals surface area contributed by atoms with Crippen LogP contribution in [-0.2, 0) is 16.6 Å². The van der Waals surface area contributed by atoms with Gasteiger partial charge in [-0.25, -0.2) is 13.1 Å². The molecule has 0 saturated heterocycles. The van der Waals surface area contributed by atoms with E-state index in [0.717, 1.165) is 21.7 Å². The van der Waals surface area contributed by atoms with Crippen molar-refractivity contribution in [3.05, 3.63) is 89.4 Å². The summed E-state index contributed by atoms with van der Waals surface area (Å²) in [6.07, 6.45) is 0. The zero-order valence-corrected chi connectivity index (χ0v) is 15.4. The molecule has 0 bridgehead atoms. The van der Waals surface area contributed by atoms with Gasteiger partial charge in [-0.2, -0.15) is 0 Å². The normalized spacial score (nSPS) is 11.9. The van der Waals surface area contributed by atoms with Gasteiger partial charge < -0.3 is 0 Å². The number of rotatable bonds is 4. The molecule has 0 atom stereocenters. The molecule has 4 aromatic carbocycles. The van der Waals surface area contributed by atoms with Crippen molar-refractivity contribution < 1.29 is 8.42 Å². The van der Waals surface area contributed by atoms with Crippen LogP contribution >= 0.6 is 11.6 Å². The molecule has 0 saturated carbocycles. The average Bonchev–Trinajstić information content (AvgIpc) is 2.66. The van der Waals surface area contributed by atoms with Crippen LogP contribution in [0.2, 0.25) is 5.02 Å². The molecule has 130 valence electrons. The molecule has 0 amide bonds. The minimum atomic E-state index is -3.71. The minimum Gasteiger partial charge on any atom is -0.207 e. The number of hydrogen-bond acceptors (Lipinski definition) is 2. The predicted molar refractivity (Wildman–Crippen MR) is 107 cm³/mol. The molecular weight excluding hydrogens is 366 g/mol. The smallest absolute Gasteiger partial charge is 0.207 e. The first-order chi connectivity index (χ1) is 12.6. The molecule has 4 aromatic rings. The number of sulfonamides is 1. The molecule has 0 unspecified atom stereocenters. The Morgan fingerprint density at radius 2 is 1.42 bits per heavy atom. The van der Waals surface area contributed by atoms with Gasteiger partial charge in [0, 0.05) is 17.0 Å². The number of fused-ring (bicyclic) bond motifs is 2. The number of benzene rings is 4. The maximum Gasteiger partial charge on any atom is 0.241 e. The van der Waals surface area contributed by atoms with E-state index >= 15 is 0 Å². The van der Waals surface area contributed by atoms with E-state index in [1.165, 1.54) is 0 Å². The van der Waals surface area contributed by atoms with Crippen LogP contribution in [0, 0.1) is 0 Å². The highest BCUT2D eigenvalue weighted by atomic mass is 35.5. The Balaban J connectivity index is 1.73. The van der Waals surface area contributed by atoms with Gasteiger partial charge in [-0.1, -0.05) is 78.3 Å². The van der Waals surface area contributed by atoms with E-state index in [0.29, 0.717) is 10.4 Å². The van der Waals surface area contributed by atoms with E-state index in [4.69, 9.17) is 11.6 Å². The Bertz CT molecular complexity index is 1210. The molecular formula is C21H16ClNO2S. The lowest BCUT2D eigenvalue weighted by Gasteiger charge is -2.12. The van der Waals surface area contributed by atoms with E-state index in [9.17, 15) is 8.42 Å². The summed E-state index contributed by atoms with van der Waals surface area (Å²) in [5, 5.41) is 3.88. The van der Waals surface area contributed by atoms with Crippen molar-refractivity contribution >= 4 is 43.2 Å². The van der Waals surface area contributed by atoms with Gasteiger partial charge in [0.05, 0.1) is 4.90 Å². The fourth-order valence-electron chi connectivity index (χ4n) is 3.18. The van der Waals surface area contributed by atoms with Crippen LogP contribution in [0.15, 0.2) is 83.8 Å². The van der Waals surface area contributed by atoms with E-state index in [1.807, 2.05) is 60.7 Å². The second kappa shape index (κ2) is 6.72. The van der Waals surface area contributed by atoms with Crippen molar-refractivity contribution in [3.63, 3.8) is 0 Å². The largest absolute Gasteiger partial charge is 0.241 e. The Morgan fingerprint density at radius 3 is 2.27 bits per heavy atom. The Morgan fingerprint density at radius 1 is 0.769 bits per heavy atom. The summed E-state index contributed by atoms with van der Waals surface area (Å²) in [5.74, 6) is 0. The topological polar surface area (TPSA) is 46.2 Å². The standard InChI is InChI=1S/C21H16ClNO2S/c22-19-12-4-8-16-9-5-13-20(21(16)19)26(24,25)23-14-17-10-3-7-15-6-1-2-11-18(15)17/h1-13,23H,14H2. The Hall–Kier alpha value is -2.40. The van der Waals surface area contributed by atoms with Crippen molar-refractivity contribution in [2.75, 3.05) is 0 Å². The molecule has 0 aliphatic heterocycles. The molecule has 0 aliphatic rings. The summed E-state index contributed by atoms with van der Waals surface area (Å²) in [6.45, 7) is 0.213. The van der Waals surface area contributed by atoms with Crippen LogP contribution in [0.5, 0.6) is 0 Å². The van der Waals surface area contributed by atoms with Gasteiger partial charge in [0.2, 0.25) is 10.0 Å². The number of hydrogen-bond donors (Lipinski definition) is 1. The van der Waals surface area contributed by atoms with Gasteiger partial charge in [0.15, 0.2) is 0 Å². The molecule has 4 rings (SSSR count). The zero-order chi connectivity index (χ0) is 18.1. The third-order valence-corrected chi connectivity index (χ3v) is 6.20. The molecule has 0 aromatic heterocycles. The monoisotopic (exact) mass is 381 g/mol. The molecule has 26 heavy (non-hydrogen) atoms. The summed E-state index contributed by atoms with van der Waals surface area (Å²) in [7, 11) is -3.71. The summed E-state index contributed by atoms with van der Waals surface area (Å²) in [6, 6.07) is 24.3. The molecule has 0 aliphatic carbocycles. The zero-order valence-electron chi connectivity index (χ0n) is 13.8. The molecule has 5 heteroatoms. The average molecular weight is 382 g/mol. The summed E-state index contributed by atoms with van der Waals surface area (Å²) in [4.78, 5) is 0.195. The molecule has 0 spiro atoms. The quantitative estimate of drug-likeness (QED) is 0.533. The highest BCUT2D eigenvalue weighted by Crippen LogP contribution is 2.30. The molecule has 0 fully saturated rings. The van der Waals surface area contributed by atoms with Crippen molar-refractivity contribution in [1.82, 2.24) is 4.72 Å². The van der Waals surface area contributed by atoms with Crippen LogP contribution in [0.25, 0.3) is 21.5 Å². The van der Waals surface area contributed by atoms with Crippen molar-refractivity contribution in [1.29, 1.82) is 0 Å². The lowest BCUT2D eigenvalue weighted by molar-refractivity contribution is 0.582. The minimum absolute atomic E-state index is 0.195. The first-order valence-electron chi connectivity index (χ1n) is 8.20. The van der Waals surface area contributed by atoms with Gasteiger partial charge in [-0.05, 0) is 33.9 Å². The first-order valence-corrected chi connectivity index (χ1v) is 10.1. The van der Waals surface area contributed by atoms with Crippen molar-refractivity contribution in [3.8, 4) is 0 Å². The van der Waals surface area contributed by atoms with Crippen LogP contribution in [-0.4, -0.2) is 8.42 Å². The molecule has 1 N–H and O–H groups in total. The van der Waals surface area contributed by atoms with Gasteiger partial charge in [-0.15, -0.1) is 0 Å². The van der Waals surface area contributed by atoms with Gasteiger partial charge in [0.25, 0.3) is 0 Å². The molecule has 0 radical (unpaired) electrons. The van der Waals surface area contributed by atoms with Gasteiger partial charge >= 0.3 is 0 Å². The second-order valence-corrected chi connectivity index (χ2v) is 8.20. The summed E-state index contributed by atoms with van der Waals surface area (Å²) >= 11 is 6.27. The summed E-state index contributed by atoms with van der Waals surface area (Å²) in [5.41, 5.74) is 0.929. The Kier molecular flexibility index (Phi) is 4.41. The Labute approximate surface area is 157 Å². The van der Waals surface area contributed by atoms with E-state index in [-0.39, 0.29) is 11.4 Å². The first kappa shape index (κ1) is 17.0. The highest BCUT2D eigenvalue weighted by Gasteiger charge is 2.19. The van der Waals surface area contributed by atoms with E-state index in [1.54, 1.807) is 18.2 Å². The van der Waals surface area contributed by atoms with Crippen molar-refractivity contribution in [2.24, 2.45) is 0 Å². The fraction of sp³-hybridized carbons (Fsp3) is 0.0476. The molecule has 3 nitrogen and oxygen atoms in total. The lowest BCUT2D eigenvalue weighted by Crippen LogP contribution is -2.23. The molecule has 0 heterocycles. The lowest BCUT2D eigenvalue weighted by atomic mass is 10.1. The third kappa shape index (κ3) is 3.07. The van der Waals surface area contributed by atoms with Gasteiger partial charge in [-0.3, -0.25) is 0 Å². The predicted octanol–water partition coefficient (Wildman–Crippen LogP) is 5.12. The van der Waals surface area contributed by atoms with E-state index < -0.39 is 10.0 Å². The van der Waals surface area contributed by atoms with Crippen LogP contribution in [0.4, 0.5) is 0 Å². The third-order valence-electron chi connectivity index (χ3n) is 4.44. The number of nitrogens with one attached hydrogen (secondary N) is 1. The van der Waals surface area contributed by atoms with Crippen molar-refractivity contribution in [2.45, 2.75) is 11.4 Å². The number of halogens is 1. The maximum atomic E-state index is 12.9. The fourth-order valence-corrected chi connectivity index (χ4v) is 4.78. The highest BCUT2D eigenvalue weighted by molar-refractivity contribution is 7.89. The summed E-state index contributed by atoms with van der Waals surface area (Å²) < 4.78 is 28.6. The van der Waals surface area contributed by atoms with Gasteiger partial charge in [0.1, 0.15) is 0 Å². The maximum absolute atomic E-state index is 12.9. The van der Waals surface area contributed by atoms with Crippen LogP contribution < -0.4 is 4.72 Å². The second-order valence-electron chi connectivity index (χ2n) is 6.06. The van der Waals surface area contributed by atoms with Crippen LogP contribution in [0.1, 0.15) is 5.56 Å².